The van der Waals surface area contributed by atoms with Gasteiger partial charge in [0, 0.05) is 11.5 Å². The van der Waals surface area contributed by atoms with Gasteiger partial charge in [-0.3, -0.25) is 9.11 Å². The maximum Gasteiger partial charge on any atom is 0.313 e. The van der Waals surface area contributed by atoms with Crippen LogP contribution in [0.1, 0.15) is 0 Å². The average Bonchev–Trinajstić information content (AvgIpc) is 2.57. The van der Waals surface area contributed by atoms with Gasteiger partial charge in [-0.15, -0.1) is 0 Å². The van der Waals surface area contributed by atoms with Crippen molar-refractivity contribution in [1.82, 2.24) is 9.97 Å². The topological polar surface area (TPSA) is 167 Å². The molecule has 2 aromatic carbocycles. The van der Waals surface area contributed by atoms with E-state index in [1.165, 1.54) is 0 Å². The first kappa shape index (κ1) is 21.1. The van der Waals surface area contributed by atoms with Crippen LogP contribution < -0.4 is 5.32 Å². The Morgan fingerprint density at radius 2 is 1.48 bits per heavy atom. The number of phenolic OH excluding ortho intramolecular Hbond substituents is 1. The number of benzene rings is 2. The summed E-state index contributed by atoms with van der Waals surface area (Å²) in [4.78, 5) is 4.43. The number of phenols is 1. The fourth-order valence-electron chi connectivity index (χ4n) is 2.44. The molecule has 4 N–H and O–H groups in total. The van der Waals surface area contributed by atoms with Crippen LogP contribution in [-0.2, 0) is 20.2 Å². The third kappa shape index (κ3) is 4.20. The smallest absolute Gasteiger partial charge is 0.313 e. The average molecular weight is 468 g/mol. The van der Waals surface area contributed by atoms with Crippen LogP contribution in [0.2, 0.25) is 5.02 Å². The highest BCUT2D eigenvalue weighted by atomic mass is 35.5. The molecule has 0 radical (unpaired) electrons. The predicted molar refractivity (Wildman–Crippen MR) is 95.5 cm³/mol. The summed E-state index contributed by atoms with van der Waals surface area (Å²) in [5.74, 6) is -2.84. The molecule has 0 aliphatic heterocycles. The minimum atomic E-state index is -4.84. The largest absolute Gasteiger partial charge is 0.507 e. The summed E-state index contributed by atoms with van der Waals surface area (Å²) >= 11 is 5.65. The van der Waals surface area contributed by atoms with E-state index >= 15 is 0 Å². The first-order valence-electron chi connectivity index (χ1n) is 7.18. The molecule has 0 aliphatic carbocycles. The Bertz CT molecular complexity index is 1380. The van der Waals surface area contributed by atoms with Crippen molar-refractivity contribution in [2.24, 2.45) is 0 Å². The lowest BCUT2D eigenvalue weighted by Gasteiger charge is -2.14. The zero-order valence-electron chi connectivity index (χ0n) is 13.6. The van der Waals surface area contributed by atoms with E-state index in [1.807, 2.05) is 0 Å². The maximum absolute atomic E-state index is 13.5. The molecule has 3 rings (SSSR count). The number of hydrogen-bond acceptors (Lipinski definition) is 8. The molecule has 0 saturated heterocycles. The lowest BCUT2D eigenvalue weighted by Crippen LogP contribution is -2.05. The SMILES string of the molecule is O=S(=O)(O)c1cc(O)c2c(Nc3nc(F)nc(F)c3Cl)cc(S(=O)(=O)O)cc2c1. The van der Waals surface area contributed by atoms with Crippen molar-refractivity contribution in [3.8, 4) is 5.75 Å². The Balaban J connectivity index is 2.36. The second kappa shape index (κ2) is 7.00. The summed E-state index contributed by atoms with van der Waals surface area (Å²) < 4.78 is 91.1. The van der Waals surface area contributed by atoms with Crippen molar-refractivity contribution in [3.63, 3.8) is 0 Å². The molecule has 29 heavy (non-hydrogen) atoms. The van der Waals surface area contributed by atoms with Crippen LogP contribution in [0.3, 0.4) is 0 Å². The number of rotatable bonds is 4. The van der Waals surface area contributed by atoms with Gasteiger partial charge in [0.1, 0.15) is 10.8 Å². The Labute approximate surface area is 166 Å². The van der Waals surface area contributed by atoms with Gasteiger partial charge in [0.15, 0.2) is 5.82 Å². The fraction of sp³-hybridized carbons (Fsp3) is 0. The highest BCUT2D eigenvalue weighted by Gasteiger charge is 2.21. The van der Waals surface area contributed by atoms with Crippen molar-refractivity contribution in [3.05, 3.63) is 41.3 Å². The van der Waals surface area contributed by atoms with E-state index in [0.29, 0.717) is 6.07 Å². The standard InChI is InChI=1S/C14H8ClF2N3O7S2/c15-11-12(16)19-14(17)20-13(11)18-8-3-6(28(22,23)24)1-5-2-7(29(25,26)27)4-9(21)10(5)8/h1-4,21H,(H,18,19,20)(H,22,23,24)(H,25,26,27). The summed E-state index contributed by atoms with van der Waals surface area (Å²) in [5.41, 5.74) is -0.367. The molecule has 1 heterocycles. The van der Waals surface area contributed by atoms with E-state index in [0.717, 1.165) is 18.2 Å². The number of nitrogens with one attached hydrogen (secondary N) is 1. The van der Waals surface area contributed by atoms with Crippen molar-refractivity contribution in [2.45, 2.75) is 9.79 Å². The lowest BCUT2D eigenvalue weighted by atomic mass is 10.1. The molecule has 3 aromatic rings. The Hall–Kier alpha value is -2.65. The summed E-state index contributed by atoms with van der Waals surface area (Å²) in [5, 5.41) is 11.2. The maximum atomic E-state index is 13.5. The van der Waals surface area contributed by atoms with E-state index < -0.39 is 58.6 Å². The second-order valence-corrected chi connectivity index (χ2v) is 8.75. The molecule has 0 unspecified atom stereocenters. The van der Waals surface area contributed by atoms with Crippen molar-refractivity contribution in [1.29, 1.82) is 0 Å². The van der Waals surface area contributed by atoms with Crippen LogP contribution in [0.4, 0.5) is 20.3 Å². The van der Waals surface area contributed by atoms with Crippen LogP contribution in [0.15, 0.2) is 34.1 Å². The molecule has 0 aliphatic rings. The van der Waals surface area contributed by atoms with Gasteiger partial charge in [0.25, 0.3) is 20.2 Å². The Morgan fingerprint density at radius 3 is 2.03 bits per heavy atom. The molecule has 0 bridgehead atoms. The molecule has 0 fully saturated rings. The third-order valence-corrected chi connectivity index (χ3v) is 5.61. The monoisotopic (exact) mass is 467 g/mol. The zero-order valence-corrected chi connectivity index (χ0v) is 16.0. The van der Waals surface area contributed by atoms with E-state index in [2.05, 4.69) is 15.3 Å². The molecule has 0 spiro atoms. The molecular weight excluding hydrogens is 460 g/mol. The molecule has 0 amide bonds. The first-order chi connectivity index (χ1) is 13.3. The van der Waals surface area contributed by atoms with Gasteiger partial charge in [0.05, 0.1) is 15.5 Å². The molecular formula is C14H8ClF2N3O7S2. The Morgan fingerprint density at radius 1 is 0.931 bits per heavy atom. The van der Waals surface area contributed by atoms with E-state index in [1.54, 1.807) is 0 Å². The third-order valence-electron chi connectivity index (χ3n) is 3.61. The number of aromatic nitrogens is 2. The van der Waals surface area contributed by atoms with Crippen LogP contribution in [0, 0.1) is 12.0 Å². The molecule has 0 saturated carbocycles. The molecule has 1 aromatic heterocycles. The fourth-order valence-corrected chi connectivity index (χ4v) is 3.65. The predicted octanol–water partition coefficient (Wildman–Crippen LogP) is 2.50. The van der Waals surface area contributed by atoms with Crippen molar-refractivity contribution in [2.75, 3.05) is 5.32 Å². The van der Waals surface area contributed by atoms with Gasteiger partial charge in [0.2, 0.25) is 5.95 Å². The summed E-state index contributed by atoms with van der Waals surface area (Å²) in [7, 11) is -9.63. The number of fused-ring (bicyclic) bond motifs is 1. The summed E-state index contributed by atoms with van der Waals surface area (Å²) in [6, 6.07) is 3.03. The number of aromatic hydroxyl groups is 1. The second-order valence-electron chi connectivity index (χ2n) is 5.53. The number of hydrogen-bond donors (Lipinski definition) is 4. The van der Waals surface area contributed by atoms with Gasteiger partial charge in [-0.2, -0.15) is 35.6 Å². The number of nitrogens with zero attached hydrogens (tertiary/aromatic N) is 2. The minimum absolute atomic E-state index is 0.236. The van der Waals surface area contributed by atoms with Crippen LogP contribution in [0.25, 0.3) is 10.8 Å². The number of halogens is 3. The molecule has 0 atom stereocenters. The van der Waals surface area contributed by atoms with Gasteiger partial charge in [-0.25, -0.2) is 0 Å². The van der Waals surface area contributed by atoms with Crippen molar-refractivity contribution < 1.29 is 39.8 Å². The zero-order chi connectivity index (χ0) is 21.7. The first-order valence-corrected chi connectivity index (χ1v) is 10.4. The molecule has 154 valence electrons. The number of anilines is 2. The normalized spacial score (nSPS) is 12.3. The van der Waals surface area contributed by atoms with Gasteiger partial charge >= 0.3 is 6.08 Å². The van der Waals surface area contributed by atoms with Gasteiger partial charge in [-0.05, 0) is 23.6 Å². The summed E-state index contributed by atoms with van der Waals surface area (Å²) in [6.07, 6.45) is -1.51. The van der Waals surface area contributed by atoms with Crippen molar-refractivity contribution >= 4 is 54.1 Å². The lowest BCUT2D eigenvalue weighted by molar-refractivity contribution is 0.471. The highest BCUT2D eigenvalue weighted by molar-refractivity contribution is 7.86. The molecule has 10 nitrogen and oxygen atoms in total. The van der Waals surface area contributed by atoms with E-state index in [4.69, 9.17) is 16.2 Å². The molecule has 15 heteroatoms. The van der Waals surface area contributed by atoms with Gasteiger partial charge in [-0.1, -0.05) is 11.6 Å². The quantitative estimate of drug-likeness (QED) is 0.254. The van der Waals surface area contributed by atoms with Gasteiger partial charge < -0.3 is 10.4 Å². The Kier molecular flexibility index (Phi) is 5.08. The summed E-state index contributed by atoms with van der Waals surface area (Å²) in [6.45, 7) is 0. The van der Waals surface area contributed by atoms with Crippen LogP contribution in [-0.4, -0.2) is 41.0 Å². The van der Waals surface area contributed by atoms with E-state index in [9.17, 15) is 35.3 Å². The minimum Gasteiger partial charge on any atom is -0.507 e. The van der Waals surface area contributed by atoms with Crippen LogP contribution >= 0.6 is 11.6 Å². The highest BCUT2D eigenvalue weighted by Crippen LogP contribution is 2.38. The van der Waals surface area contributed by atoms with E-state index in [-0.39, 0.29) is 16.5 Å². The van der Waals surface area contributed by atoms with Crippen LogP contribution in [0.5, 0.6) is 5.75 Å².